The van der Waals surface area contributed by atoms with Gasteiger partial charge in [-0.3, -0.25) is 4.72 Å². The molecule has 2 aromatic rings. The van der Waals surface area contributed by atoms with Crippen LogP contribution in [0.1, 0.15) is 5.56 Å². The maximum absolute atomic E-state index is 13.6. The Morgan fingerprint density at radius 2 is 1.95 bits per heavy atom. The van der Waals surface area contributed by atoms with Gasteiger partial charge in [0, 0.05) is 0 Å². The van der Waals surface area contributed by atoms with Gasteiger partial charge >= 0.3 is 0 Å². The number of hydrogen-bond acceptors (Lipinski definition) is 4. The van der Waals surface area contributed by atoms with Crippen LogP contribution >= 0.6 is 11.6 Å². The first-order chi connectivity index (χ1) is 8.88. The number of aromatic nitrogens is 2. The number of halogens is 2. The lowest BCUT2D eigenvalue weighted by molar-refractivity contribution is 0.569. The van der Waals surface area contributed by atoms with E-state index in [4.69, 9.17) is 11.6 Å². The van der Waals surface area contributed by atoms with Gasteiger partial charge in [0.2, 0.25) is 0 Å². The van der Waals surface area contributed by atoms with Crippen LogP contribution in [0.2, 0.25) is 5.15 Å². The Morgan fingerprint density at radius 3 is 2.58 bits per heavy atom. The molecule has 0 unspecified atom stereocenters. The van der Waals surface area contributed by atoms with Crippen LogP contribution in [0.5, 0.6) is 0 Å². The van der Waals surface area contributed by atoms with Crippen LogP contribution < -0.4 is 4.72 Å². The molecule has 0 aliphatic rings. The van der Waals surface area contributed by atoms with Gasteiger partial charge in [0.15, 0.2) is 11.0 Å². The van der Waals surface area contributed by atoms with E-state index in [9.17, 15) is 12.8 Å². The molecule has 1 heterocycles. The molecule has 0 spiro atoms. The maximum Gasteiger partial charge on any atom is 0.266 e. The second-order valence-electron chi connectivity index (χ2n) is 3.78. The summed E-state index contributed by atoms with van der Waals surface area (Å²) in [4.78, 5) is -0.441. The molecule has 0 atom stereocenters. The minimum Gasteiger partial charge on any atom is -0.262 e. The Hall–Kier alpha value is -1.73. The van der Waals surface area contributed by atoms with Gasteiger partial charge in [-0.2, -0.15) is 0 Å². The van der Waals surface area contributed by atoms with Crippen molar-refractivity contribution in [2.24, 2.45) is 0 Å². The topological polar surface area (TPSA) is 72.0 Å². The molecule has 19 heavy (non-hydrogen) atoms. The first-order valence-corrected chi connectivity index (χ1v) is 7.03. The van der Waals surface area contributed by atoms with E-state index < -0.39 is 20.7 Å². The summed E-state index contributed by atoms with van der Waals surface area (Å²) in [7, 11) is -4.05. The van der Waals surface area contributed by atoms with Gasteiger partial charge in [-0.25, -0.2) is 12.8 Å². The summed E-state index contributed by atoms with van der Waals surface area (Å²) in [5, 5.41) is 7.17. The molecule has 0 bridgehead atoms. The largest absolute Gasteiger partial charge is 0.266 e. The number of sulfonamides is 1. The van der Waals surface area contributed by atoms with Gasteiger partial charge in [0.25, 0.3) is 10.0 Å². The summed E-state index contributed by atoms with van der Waals surface area (Å²) in [6.07, 6.45) is 0. The molecule has 0 aliphatic heterocycles. The zero-order valence-corrected chi connectivity index (χ0v) is 11.3. The maximum atomic E-state index is 13.6. The van der Waals surface area contributed by atoms with E-state index in [1.54, 1.807) is 6.92 Å². The molecule has 1 aromatic carbocycles. The van der Waals surface area contributed by atoms with Gasteiger partial charge < -0.3 is 0 Å². The lowest BCUT2D eigenvalue weighted by Gasteiger charge is -2.08. The second kappa shape index (κ2) is 5.10. The van der Waals surface area contributed by atoms with Crippen molar-refractivity contribution < 1.29 is 12.8 Å². The fourth-order valence-corrected chi connectivity index (χ4v) is 2.64. The summed E-state index contributed by atoms with van der Waals surface area (Å²) in [5.41, 5.74) is 0.629. The van der Waals surface area contributed by atoms with Crippen LogP contribution in [0, 0.1) is 12.7 Å². The number of benzene rings is 1. The minimum atomic E-state index is -4.05. The summed E-state index contributed by atoms with van der Waals surface area (Å²) in [6, 6.07) is 6.52. The molecule has 0 radical (unpaired) electrons. The van der Waals surface area contributed by atoms with Gasteiger partial charge in [0.1, 0.15) is 10.7 Å². The van der Waals surface area contributed by atoms with E-state index in [0.717, 1.165) is 6.07 Å². The fourth-order valence-electron chi connectivity index (χ4n) is 1.38. The predicted molar refractivity (Wildman–Crippen MR) is 69.0 cm³/mol. The Bertz CT molecular complexity index is 704. The van der Waals surface area contributed by atoms with Crippen LogP contribution in [0.4, 0.5) is 10.2 Å². The van der Waals surface area contributed by atoms with Crippen molar-refractivity contribution in [3.05, 3.63) is 46.9 Å². The lowest BCUT2D eigenvalue weighted by Crippen LogP contribution is -2.16. The Balaban J connectivity index is 2.37. The van der Waals surface area contributed by atoms with E-state index in [2.05, 4.69) is 14.9 Å². The molecule has 0 saturated carbocycles. The van der Waals surface area contributed by atoms with E-state index >= 15 is 0 Å². The summed E-state index contributed by atoms with van der Waals surface area (Å²) in [6.45, 7) is 1.67. The number of hydrogen-bond donors (Lipinski definition) is 1. The van der Waals surface area contributed by atoms with Crippen molar-refractivity contribution in [3.63, 3.8) is 0 Å². The lowest BCUT2D eigenvalue weighted by atomic mass is 10.2. The zero-order chi connectivity index (χ0) is 14.0. The Morgan fingerprint density at radius 1 is 1.21 bits per heavy atom. The van der Waals surface area contributed by atoms with Crippen molar-refractivity contribution >= 4 is 27.4 Å². The molecule has 1 aromatic heterocycles. The fraction of sp³-hybridized carbons (Fsp3) is 0.0909. The highest BCUT2D eigenvalue weighted by atomic mass is 35.5. The number of anilines is 1. The molecule has 1 N–H and O–H groups in total. The molecular formula is C11H9ClFN3O2S. The summed E-state index contributed by atoms with van der Waals surface area (Å²) >= 11 is 5.54. The average Bonchev–Trinajstić information content (AvgIpc) is 2.35. The number of nitrogens with one attached hydrogen (secondary N) is 1. The van der Waals surface area contributed by atoms with Gasteiger partial charge in [-0.15, -0.1) is 10.2 Å². The predicted octanol–water partition coefficient (Wildman–Crippen LogP) is 2.38. The molecule has 100 valence electrons. The zero-order valence-electron chi connectivity index (χ0n) is 9.76. The third-order valence-electron chi connectivity index (χ3n) is 2.25. The molecule has 0 saturated heterocycles. The second-order valence-corrected chi connectivity index (χ2v) is 5.82. The highest BCUT2D eigenvalue weighted by molar-refractivity contribution is 7.92. The van der Waals surface area contributed by atoms with Crippen molar-refractivity contribution in [1.82, 2.24) is 10.2 Å². The summed E-state index contributed by atoms with van der Waals surface area (Å²) in [5.74, 6) is -0.870. The van der Waals surface area contributed by atoms with Crippen LogP contribution in [0.15, 0.2) is 35.2 Å². The van der Waals surface area contributed by atoms with E-state index in [1.807, 2.05) is 0 Å². The van der Waals surface area contributed by atoms with Crippen molar-refractivity contribution in [3.8, 4) is 0 Å². The molecular weight excluding hydrogens is 293 g/mol. The molecule has 2 rings (SSSR count). The quantitative estimate of drug-likeness (QED) is 0.945. The van der Waals surface area contributed by atoms with E-state index in [0.29, 0.717) is 5.56 Å². The third-order valence-corrected chi connectivity index (χ3v) is 3.82. The SMILES string of the molecule is Cc1ccc(F)c(S(=O)(=O)Nc2ccc(Cl)nn2)c1. The normalized spacial score (nSPS) is 11.3. The highest BCUT2D eigenvalue weighted by Gasteiger charge is 2.19. The van der Waals surface area contributed by atoms with Gasteiger partial charge in [-0.1, -0.05) is 17.7 Å². The first-order valence-electron chi connectivity index (χ1n) is 5.17. The van der Waals surface area contributed by atoms with Crippen molar-refractivity contribution in [2.75, 3.05) is 4.72 Å². The molecule has 0 fully saturated rings. The Labute approximate surface area is 114 Å². The monoisotopic (exact) mass is 301 g/mol. The molecule has 0 aliphatic carbocycles. The van der Waals surface area contributed by atoms with Crippen LogP contribution in [0.25, 0.3) is 0 Å². The Kier molecular flexibility index (Phi) is 3.68. The van der Waals surface area contributed by atoms with Crippen LogP contribution in [0.3, 0.4) is 0 Å². The highest BCUT2D eigenvalue weighted by Crippen LogP contribution is 2.19. The van der Waals surface area contributed by atoms with Crippen LogP contribution in [-0.2, 0) is 10.0 Å². The minimum absolute atomic E-state index is 0.0368. The third kappa shape index (κ3) is 3.18. The smallest absolute Gasteiger partial charge is 0.262 e. The number of aryl methyl sites for hydroxylation is 1. The molecule has 5 nitrogen and oxygen atoms in total. The first kappa shape index (κ1) is 13.7. The van der Waals surface area contributed by atoms with Gasteiger partial charge in [-0.05, 0) is 36.8 Å². The van der Waals surface area contributed by atoms with Crippen molar-refractivity contribution in [2.45, 2.75) is 11.8 Å². The van der Waals surface area contributed by atoms with Crippen LogP contribution in [-0.4, -0.2) is 18.6 Å². The standard InChI is InChI=1S/C11H9ClFN3O2S/c1-7-2-3-8(13)9(6-7)19(17,18)16-11-5-4-10(12)14-15-11/h2-6H,1H3,(H,15,16). The molecule has 0 amide bonds. The van der Waals surface area contributed by atoms with E-state index in [-0.39, 0.29) is 11.0 Å². The number of rotatable bonds is 3. The average molecular weight is 302 g/mol. The van der Waals surface area contributed by atoms with E-state index in [1.165, 1.54) is 24.3 Å². The van der Waals surface area contributed by atoms with Crippen molar-refractivity contribution in [1.29, 1.82) is 0 Å². The number of nitrogens with zero attached hydrogens (tertiary/aromatic N) is 2. The summed E-state index contributed by atoms with van der Waals surface area (Å²) < 4.78 is 39.7. The van der Waals surface area contributed by atoms with Gasteiger partial charge in [0.05, 0.1) is 0 Å². The molecule has 8 heteroatoms.